The lowest BCUT2D eigenvalue weighted by Gasteiger charge is -2.07. The highest BCUT2D eigenvalue weighted by molar-refractivity contribution is 5.83. The van der Waals surface area contributed by atoms with E-state index in [0.29, 0.717) is 13.2 Å². The Hall–Kier alpha value is -2.89. The maximum atomic E-state index is 10.6. The van der Waals surface area contributed by atoms with Crippen LogP contribution in [-0.4, -0.2) is 21.3 Å². The van der Waals surface area contributed by atoms with Crippen LogP contribution < -0.4 is 4.74 Å². The van der Waals surface area contributed by atoms with Crippen molar-refractivity contribution in [2.75, 3.05) is 6.61 Å². The van der Waals surface area contributed by atoms with E-state index in [0.717, 1.165) is 16.5 Å². The summed E-state index contributed by atoms with van der Waals surface area (Å²) in [6.45, 7) is 0.859. The molecule has 0 aliphatic rings. The zero-order chi connectivity index (χ0) is 14.7. The van der Waals surface area contributed by atoms with Gasteiger partial charge in [0.25, 0.3) is 0 Å². The normalized spacial score (nSPS) is 10.7. The number of hydrogen-bond donors (Lipinski definition) is 0. The lowest BCUT2D eigenvalue weighted by molar-refractivity contribution is -0.385. The van der Waals surface area contributed by atoms with Gasteiger partial charge in [-0.15, -0.1) is 0 Å². The largest absolute Gasteiger partial charge is 0.492 e. The maximum absolute atomic E-state index is 10.6. The van der Waals surface area contributed by atoms with Gasteiger partial charge in [0, 0.05) is 0 Å². The minimum Gasteiger partial charge on any atom is -0.492 e. The number of benzene rings is 2. The van der Waals surface area contributed by atoms with Crippen LogP contribution in [0.4, 0.5) is 5.69 Å². The molecule has 3 aromatic rings. The topological polar surface area (TPSA) is 70.2 Å². The molecular formula is C15H13N3O3. The highest BCUT2D eigenvalue weighted by atomic mass is 16.6. The van der Waals surface area contributed by atoms with Crippen molar-refractivity contribution in [3.8, 4) is 5.75 Å². The van der Waals surface area contributed by atoms with E-state index in [9.17, 15) is 10.1 Å². The second-order valence-electron chi connectivity index (χ2n) is 4.58. The van der Waals surface area contributed by atoms with E-state index in [2.05, 4.69) is 5.10 Å². The third-order valence-electron chi connectivity index (χ3n) is 3.14. The Morgan fingerprint density at radius 1 is 1.19 bits per heavy atom. The number of nitro groups is 1. The van der Waals surface area contributed by atoms with Gasteiger partial charge in [0.05, 0.1) is 11.5 Å². The zero-order valence-electron chi connectivity index (χ0n) is 11.2. The molecule has 1 aromatic heterocycles. The quantitative estimate of drug-likeness (QED) is 0.533. The first kappa shape index (κ1) is 13.1. The molecule has 3 rings (SSSR count). The van der Waals surface area contributed by atoms with Crippen LogP contribution in [0.25, 0.3) is 10.8 Å². The monoisotopic (exact) mass is 283 g/mol. The van der Waals surface area contributed by atoms with Gasteiger partial charge in [-0.25, -0.2) is 0 Å². The minimum absolute atomic E-state index is 0.0132. The van der Waals surface area contributed by atoms with Crippen molar-refractivity contribution < 1.29 is 9.66 Å². The number of ether oxygens (including phenoxy) is 1. The van der Waals surface area contributed by atoms with E-state index in [1.807, 2.05) is 42.5 Å². The lowest BCUT2D eigenvalue weighted by atomic mass is 10.1. The van der Waals surface area contributed by atoms with E-state index in [1.54, 1.807) is 0 Å². The van der Waals surface area contributed by atoms with Gasteiger partial charge in [0.15, 0.2) is 0 Å². The van der Waals surface area contributed by atoms with Crippen molar-refractivity contribution in [3.05, 3.63) is 65.0 Å². The van der Waals surface area contributed by atoms with Gasteiger partial charge in [0.1, 0.15) is 24.8 Å². The number of nitrogens with zero attached hydrogens (tertiary/aromatic N) is 3. The van der Waals surface area contributed by atoms with E-state index >= 15 is 0 Å². The van der Waals surface area contributed by atoms with Crippen molar-refractivity contribution in [1.82, 2.24) is 9.78 Å². The predicted octanol–water partition coefficient (Wildman–Crippen LogP) is 3.02. The lowest BCUT2D eigenvalue weighted by Crippen LogP contribution is -2.08. The maximum Gasteiger partial charge on any atom is 0.306 e. The molecule has 0 saturated carbocycles. The van der Waals surface area contributed by atoms with Gasteiger partial charge in [0.2, 0.25) is 0 Å². The Balaban J connectivity index is 1.62. The molecule has 1 heterocycles. The fourth-order valence-corrected chi connectivity index (χ4v) is 2.08. The molecule has 2 aromatic carbocycles. The average Bonchev–Trinajstić information content (AvgIpc) is 2.96. The first-order chi connectivity index (χ1) is 10.2. The van der Waals surface area contributed by atoms with Gasteiger partial charge in [-0.1, -0.05) is 30.3 Å². The molecule has 0 unspecified atom stereocenters. The first-order valence-electron chi connectivity index (χ1n) is 6.51. The standard InChI is InChI=1S/C15H13N3O3/c19-18(20)14-10-16-17(11-14)7-8-21-15-6-5-12-3-1-2-4-13(12)9-15/h1-6,9-11H,7-8H2. The van der Waals surface area contributed by atoms with Crippen LogP contribution in [0.2, 0.25) is 0 Å². The molecule has 0 fully saturated rings. The van der Waals surface area contributed by atoms with E-state index in [1.165, 1.54) is 17.1 Å². The smallest absolute Gasteiger partial charge is 0.306 e. The Labute approximate surface area is 120 Å². The second-order valence-corrected chi connectivity index (χ2v) is 4.58. The predicted molar refractivity (Wildman–Crippen MR) is 78.3 cm³/mol. The molecule has 0 spiro atoms. The molecule has 0 atom stereocenters. The van der Waals surface area contributed by atoms with Gasteiger partial charge < -0.3 is 4.74 Å². The average molecular weight is 283 g/mol. The first-order valence-corrected chi connectivity index (χ1v) is 6.51. The number of fused-ring (bicyclic) bond motifs is 1. The Morgan fingerprint density at radius 2 is 2.00 bits per heavy atom. The molecule has 21 heavy (non-hydrogen) atoms. The SMILES string of the molecule is O=[N+]([O-])c1cnn(CCOc2ccc3ccccc3c2)c1. The Morgan fingerprint density at radius 3 is 2.76 bits per heavy atom. The third kappa shape index (κ3) is 3.00. The van der Waals surface area contributed by atoms with Crippen LogP contribution in [-0.2, 0) is 6.54 Å². The minimum atomic E-state index is -0.465. The number of rotatable bonds is 5. The van der Waals surface area contributed by atoms with Crippen molar-refractivity contribution in [1.29, 1.82) is 0 Å². The van der Waals surface area contributed by atoms with Crippen molar-refractivity contribution >= 4 is 16.5 Å². The summed E-state index contributed by atoms with van der Waals surface area (Å²) in [5, 5.41) is 16.7. The van der Waals surface area contributed by atoms with Crippen LogP contribution in [0.3, 0.4) is 0 Å². The molecule has 106 valence electrons. The zero-order valence-corrected chi connectivity index (χ0v) is 11.2. The van der Waals surface area contributed by atoms with E-state index in [4.69, 9.17) is 4.74 Å². The molecular weight excluding hydrogens is 270 g/mol. The number of aromatic nitrogens is 2. The summed E-state index contributed by atoms with van der Waals surface area (Å²) >= 11 is 0. The van der Waals surface area contributed by atoms with Crippen LogP contribution in [0, 0.1) is 10.1 Å². The molecule has 6 heteroatoms. The van der Waals surface area contributed by atoms with Crippen LogP contribution in [0.1, 0.15) is 0 Å². The highest BCUT2D eigenvalue weighted by Gasteiger charge is 2.08. The van der Waals surface area contributed by atoms with Crippen molar-refractivity contribution in [2.24, 2.45) is 0 Å². The summed E-state index contributed by atoms with van der Waals surface area (Å²) in [5.74, 6) is 0.773. The second kappa shape index (κ2) is 5.62. The highest BCUT2D eigenvalue weighted by Crippen LogP contribution is 2.20. The summed E-state index contributed by atoms with van der Waals surface area (Å²) in [4.78, 5) is 10.1. The van der Waals surface area contributed by atoms with E-state index < -0.39 is 4.92 Å². The van der Waals surface area contributed by atoms with Crippen molar-refractivity contribution in [2.45, 2.75) is 6.54 Å². The fourth-order valence-electron chi connectivity index (χ4n) is 2.08. The van der Waals surface area contributed by atoms with Crippen LogP contribution in [0.5, 0.6) is 5.75 Å². The van der Waals surface area contributed by atoms with E-state index in [-0.39, 0.29) is 5.69 Å². The summed E-state index contributed by atoms with van der Waals surface area (Å²) in [5.41, 5.74) is -0.0132. The number of hydrogen-bond acceptors (Lipinski definition) is 4. The molecule has 0 aliphatic carbocycles. The molecule has 0 bridgehead atoms. The van der Waals surface area contributed by atoms with Gasteiger partial charge >= 0.3 is 5.69 Å². The fraction of sp³-hybridized carbons (Fsp3) is 0.133. The Bertz CT molecular complexity index is 782. The summed E-state index contributed by atoms with van der Waals surface area (Å²) < 4.78 is 7.16. The molecule has 0 amide bonds. The molecule has 6 nitrogen and oxygen atoms in total. The van der Waals surface area contributed by atoms with Gasteiger partial charge in [-0.2, -0.15) is 5.10 Å². The molecule has 0 N–H and O–H groups in total. The third-order valence-corrected chi connectivity index (χ3v) is 3.14. The molecule has 0 saturated heterocycles. The van der Waals surface area contributed by atoms with Gasteiger partial charge in [-0.3, -0.25) is 14.8 Å². The van der Waals surface area contributed by atoms with Crippen molar-refractivity contribution in [3.63, 3.8) is 0 Å². The Kier molecular flexibility index (Phi) is 3.51. The van der Waals surface area contributed by atoms with Crippen LogP contribution in [0.15, 0.2) is 54.9 Å². The summed E-state index contributed by atoms with van der Waals surface area (Å²) in [6.07, 6.45) is 2.62. The molecule has 0 aliphatic heterocycles. The van der Waals surface area contributed by atoms with Gasteiger partial charge in [-0.05, 0) is 22.9 Å². The molecule has 0 radical (unpaired) electrons. The summed E-state index contributed by atoms with van der Waals surface area (Å²) in [7, 11) is 0. The van der Waals surface area contributed by atoms with Crippen LogP contribution >= 0.6 is 0 Å². The summed E-state index contributed by atoms with van der Waals surface area (Å²) in [6, 6.07) is 13.9.